The van der Waals surface area contributed by atoms with Gasteiger partial charge in [0.15, 0.2) is 0 Å². The van der Waals surface area contributed by atoms with E-state index in [2.05, 4.69) is 17.6 Å². The molecule has 0 aromatic rings. The van der Waals surface area contributed by atoms with Gasteiger partial charge in [0.25, 0.3) is 0 Å². The van der Waals surface area contributed by atoms with Crippen LogP contribution in [0.25, 0.3) is 0 Å². The van der Waals surface area contributed by atoms with Crippen LogP contribution in [0.5, 0.6) is 0 Å². The summed E-state index contributed by atoms with van der Waals surface area (Å²) < 4.78 is 0. The largest absolute Gasteiger partial charge is 0.353 e. The molecule has 0 radical (unpaired) electrons. The van der Waals surface area contributed by atoms with Crippen LogP contribution >= 0.6 is 0 Å². The molecule has 1 aliphatic heterocycles. The minimum Gasteiger partial charge on any atom is -0.353 e. The Labute approximate surface area is 79.3 Å². The first-order chi connectivity index (χ1) is 6.25. The van der Waals surface area contributed by atoms with Crippen LogP contribution in [0.1, 0.15) is 26.2 Å². The maximum Gasteiger partial charge on any atom is 0.220 e. The van der Waals surface area contributed by atoms with Crippen molar-refractivity contribution in [3.05, 3.63) is 0 Å². The van der Waals surface area contributed by atoms with E-state index in [1.165, 1.54) is 12.8 Å². The van der Waals surface area contributed by atoms with Crippen molar-refractivity contribution in [3.8, 4) is 0 Å². The van der Waals surface area contributed by atoms with E-state index >= 15 is 0 Å². The number of rotatable bonds is 4. The van der Waals surface area contributed by atoms with E-state index in [4.69, 9.17) is 0 Å². The van der Waals surface area contributed by atoms with Crippen molar-refractivity contribution in [2.24, 2.45) is 11.8 Å². The Kier molecular flexibility index (Phi) is 2.54. The Morgan fingerprint density at radius 1 is 1.54 bits per heavy atom. The second-order valence-electron chi connectivity index (χ2n) is 4.42. The average Bonchev–Trinajstić information content (AvgIpc) is 2.78. The summed E-state index contributed by atoms with van der Waals surface area (Å²) >= 11 is 0. The van der Waals surface area contributed by atoms with Crippen LogP contribution in [0.2, 0.25) is 0 Å². The predicted molar refractivity (Wildman–Crippen MR) is 51.3 cm³/mol. The van der Waals surface area contributed by atoms with Gasteiger partial charge < -0.3 is 10.6 Å². The molecule has 3 heteroatoms. The lowest BCUT2D eigenvalue weighted by molar-refractivity contribution is -0.123. The number of carbonyl (C=O) groups is 1. The summed E-state index contributed by atoms with van der Waals surface area (Å²) in [6.45, 7) is 4.16. The fourth-order valence-electron chi connectivity index (χ4n) is 1.78. The third kappa shape index (κ3) is 2.44. The van der Waals surface area contributed by atoms with E-state index in [9.17, 15) is 4.79 Å². The van der Waals surface area contributed by atoms with Crippen LogP contribution in [-0.2, 0) is 4.79 Å². The van der Waals surface area contributed by atoms with E-state index in [-0.39, 0.29) is 5.91 Å². The molecule has 2 rings (SSSR count). The maximum absolute atomic E-state index is 11.4. The Morgan fingerprint density at radius 2 is 2.23 bits per heavy atom. The number of nitrogens with one attached hydrogen (secondary N) is 2. The van der Waals surface area contributed by atoms with Gasteiger partial charge >= 0.3 is 0 Å². The minimum absolute atomic E-state index is 0.242. The van der Waals surface area contributed by atoms with E-state index in [1.807, 2.05) is 0 Å². The Bertz CT molecular complexity index is 197. The molecule has 1 aliphatic carbocycles. The normalized spacial score (nSPS) is 25.0. The maximum atomic E-state index is 11.4. The second-order valence-corrected chi connectivity index (χ2v) is 4.42. The van der Waals surface area contributed by atoms with Gasteiger partial charge in [0, 0.05) is 12.5 Å². The molecule has 1 heterocycles. The highest BCUT2D eigenvalue weighted by molar-refractivity contribution is 5.76. The molecule has 0 bridgehead atoms. The summed E-state index contributed by atoms with van der Waals surface area (Å²) in [5, 5.41) is 6.25. The molecule has 3 nitrogen and oxygen atoms in total. The molecular formula is C10H18N2O. The zero-order valence-corrected chi connectivity index (χ0v) is 8.18. The first-order valence-corrected chi connectivity index (χ1v) is 5.26. The highest BCUT2D eigenvalue weighted by atomic mass is 16.1. The van der Waals surface area contributed by atoms with Crippen LogP contribution in [0.15, 0.2) is 0 Å². The summed E-state index contributed by atoms with van der Waals surface area (Å²) in [4.78, 5) is 11.4. The monoisotopic (exact) mass is 182 g/mol. The minimum atomic E-state index is 0.242. The second kappa shape index (κ2) is 3.66. The Balaban J connectivity index is 1.64. The van der Waals surface area contributed by atoms with Gasteiger partial charge in [-0.3, -0.25) is 4.79 Å². The van der Waals surface area contributed by atoms with Crippen molar-refractivity contribution in [2.75, 3.05) is 13.1 Å². The highest BCUT2D eigenvalue weighted by Crippen LogP contribution is 2.32. The molecule has 1 saturated heterocycles. The average molecular weight is 182 g/mol. The third-order valence-corrected chi connectivity index (χ3v) is 3.06. The van der Waals surface area contributed by atoms with Gasteiger partial charge in [0.1, 0.15) is 0 Å². The molecule has 2 N–H and O–H groups in total. The van der Waals surface area contributed by atoms with E-state index in [1.54, 1.807) is 0 Å². The van der Waals surface area contributed by atoms with Crippen LogP contribution in [0.3, 0.4) is 0 Å². The topological polar surface area (TPSA) is 41.1 Å². The first-order valence-electron chi connectivity index (χ1n) is 5.26. The fraction of sp³-hybridized carbons (Fsp3) is 0.900. The van der Waals surface area contributed by atoms with Gasteiger partial charge in [0.05, 0.1) is 0 Å². The molecule has 2 fully saturated rings. The van der Waals surface area contributed by atoms with Gasteiger partial charge in [-0.15, -0.1) is 0 Å². The van der Waals surface area contributed by atoms with Crippen molar-refractivity contribution >= 4 is 5.91 Å². The number of carbonyl (C=O) groups excluding carboxylic acids is 1. The summed E-state index contributed by atoms with van der Waals surface area (Å²) in [6, 6.07) is 0.403. The Morgan fingerprint density at radius 3 is 2.69 bits per heavy atom. The first kappa shape index (κ1) is 9.00. The van der Waals surface area contributed by atoms with Crippen LogP contribution in [-0.4, -0.2) is 25.0 Å². The molecule has 13 heavy (non-hydrogen) atoms. The van der Waals surface area contributed by atoms with Crippen LogP contribution in [0.4, 0.5) is 0 Å². The lowest BCUT2D eigenvalue weighted by Gasteiger charge is -2.27. The molecule has 1 saturated carbocycles. The molecule has 1 atom stereocenters. The standard InChI is InChI=1S/C10H18N2O/c1-7(9-2-3-9)12-10(13)4-8-5-11-6-8/h7-9,11H,2-6H2,1H3,(H,12,13). The molecule has 74 valence electrons. The molecule has 0 aromatic carbocycles. The zero-order chi connectivity index (χ0) is 9.26. The van der Waals surface area contributed by atoms with Gasteiger partial charge in [0.2, 0.25) is 5.91 Å². The smallest absolute Gasteiger partial charge is 0.220 e. The van der Waals surface area contributed by atoms with Gasteiger partial charge in [-0.05, 0) is 44.7 Å². The number of hydrogen-bond acceptors (Lipinski definition) is 2. The Hall–Kier alpha value is -0.570. The van der Waals surface area contributed by atoms with Crippen molar-refractivity contribution in [3.63, 3.8) is 0 Å². The number of hydrogen-bond donors (Lipinski definition) is 2. The van der Waals surface area contributed by atoms with Crippen LogP contribution in [0, 0.1) is 11.8 Å². The summed E-state index contributed by atoms with van der Waals surface area (Å²) in [7, 11) is 0. The zero-order valence-electron chi connectivity index (χ0n) is 8.18. The molecule has 1 unspecified atom stereocenters. The van der Waals surface area contributed by atoms with Gasteiger partial charge in [-0.2, -0.15) is 0 Å². The molecule has 0 aromatic heterocycles. The summed E-state index contributed by atoms with van der Waals surface area (Å²) in [5.74, 6) is 1.60. The van der Waals surface area contributed by atoms with Crippen molar-refractivity contribution in [2.45, 2.75) is 32.2 Å². The SMILES string of the molecule is CC(NC(=O)CC1CNC1)C1CC1. The van der Waals surface area contributed by atoms with E-state index in [0.29, 0.717) is 18.4 Å². The van der Waals surface area contributed by atoms with E-state index in [0.717, 1.165) is 19.0 Å². The van der Waals surface area contributed by atoms with Gasteiger partial charge in [-0.25, -0.2) is 0 Å². The number of amides is 1. The van der Waals surface area contributed by atoms with E-state index < -0.39 is 0 Å². The lowest BCUT2D eigenvalue weighted by Crippen LogP contribution is -2.45. The summed E-state index contributed by atoms with van der Waals surface area (Å²) in [5.41, 5.74) is 0. The third-order valence-electron chi connectivity index (χ3n) is 3.06. The highest BCUT2D eigenvalue weighted by Gasteiger charge is 2.29. The van der Waals surface area contributed by atoms with Crippen molar-refractivity contribution < 1.29 is 4.79 Å². The fourth-order valence-corrected chi connectivity index (χ4v) is 1.78. The van der Waals surface area contributed by atoms with Crippen LogP contribution < -0.4 is 10.6 Å². The predicted octanol–water partition coefficient (Wildman–Crippen LogP) is 0.511. The quantitative estimate of drug-likeness (QED) is 0.665. The van der Waals surface area contributed by atoms with Gasteiger partial charge in [-0.1, -0.05) is 0 Å². The van der Waals surface area contributed by atoms with Crippen molar-refractivity contribution in [1.29, 1.82) is 0 Å². The van der Waals surface area contributed by atoms with Crippen molar-refractivity contribution in [1.82, 2.24) is 10.6 Å². The summed E-state index contributed by atoms with van der Waals surface area (Å²) in [6.07, 6.45) is 3.31. The molecule has 1 amide bonds. The lowest BCUT2D eigenvalue weighted by atomic mass is 9.99. The molecule has 0 spiro atoms. The molecular weight excluding hydrogens is 164 g/mol. The molecule has 2 aliphatic rings.